The van der Waals surface area contributed by atoms with Crippen LogP contribution in [0.15, 0.2) is 0 Å². The number of likely N-dealkylation sites (tertiary alicyclic amines) is 1. The van der Waals surface area contributed by atoms with Crippen molar-refractivity contribution >= 4 is 12.2 Å². The number of hydrogen-bond donors (Lipinski definition) is 2. The maximum atomic E-state index is 13.6. The molecule has 2 N–H and O–H groups in total. The van der Waals surface area contributed by atoms with Gasteiger partial charge < -0.3 is 5.32 Å². The number of rotatable bonds is 2. The van der Waals surface area contributed by atoms with Gasteiger partial charge in [0.25, 0.3) is 6.21 Å². The molecular formula is C17H25F4N4+. The highest BCUT2D eigenvalue weighted by atomic mass is 19.4. The SMILES string of the molecule is CC1CC(C(F)(F)F)NC1N1CCC2NC(C3C=[N+]=C(F)C3C)CC21. The second kappa shape index (κ2) is 6.05. The van der Waals surface area contributed by atoms with Crippen molar-refractivity contribution in [3.8, 4) is 0 Å². The third-order valence-electron chi connectivity index (χ3n) is 6.57. The summed E-state index contributed by atoms with van der Waals surface area (Å²) in [4.78, 5) is 2.21. The molecule has 4 heterocycles. The van der Waals surface area contributed by atoms with Crippen LogP contribution in [-0.4, -0.2) is 60.1 Å². The third-order valence-corrected chi connectivity index (χ3v) is 6.57. The second-order valence-electron chi connectivity index (χ2n) is 8.09. The first-order valence-corrected chi connectivity index (χ1v) is 9.17. The molecule has 0 spiro atoms. The first-order chi connectivity index (χ1) is 11.8. The van der Waals surface area contributed by atoms with Crippen LogP contribution in [0.1, 0.15) is 33.1 Å². The highest BCUT2D eigenvalue weighted by molar-refractivity contribution is 5.88. The highest BCUT2D eigenvalue weighted by Gasteiger charge is 2.54. The molecule has 0 saturated carbocycles. The molecule has 0 aromatic carbocycles. The van der Waals surface area contributed by atoms with Gasteiger partial charge in [-0.15, -0.1) is 4.39 Å². The van der Waals surface area contributed by atoms with Gasteiger partial charge in [0.1, 0.15) is 12.0 Å². The van der Waals surface area contributed by atoms with Gasteiger partial charge in [-0.25, -0.2) is 0 Å². The molecular weight excluding hydrogens is 336 g/mol. The standard InChI is InChI=1S/C17H25F4N4/c1-8-5-14(17(19,20)21)24-16(8)25-4-3-11-13(25)6-12(23-11)10-7-22-15(18)9(10)2/h7-14,16,23-24H,3-6H2,1-2H3/q+1. The zero-order valence-electron chi connectivity index (χ0n) is 14.4. The second-order valence-corrected chi connectivity index (χ2v) is 8.09. The lowest BCUT2D eigenvalue weighted by Crippen LogP contribution is -2.52. The lowest BCUT2D eigenvalue weighted by atomic mass is 9.88. The molecule has 8 atom stereocenters. The van der Waals surface area contributed by atoms with E-state index in [1.807, 2.05) is 13.8 Å². The maximum absolute atomic E-state index is 13.6. The number of fused-ring (bicyclic) bond motifs is 1. The van der Waals surface area contributed by atoms with E-state index in [1.54, 1.807) is 6.21 Å². The van der Waals surface area contributed by atoms with Gasteiger partial charge >= 0.3 is 12.1 Å². The minimum absolute atomic E-state index is 0.0318. The van der Waals surface area contributed by atoms with E-state index in [2.05, 4.69) is 20.2 Å². The van der Waals surface area contributed by atoms with E-state index < -0.39 is 12.2 Å². The van der Waals surface area contributed by atoms with Crippen molar-refractivity contribution in [2.75, 3.05) is 6.54 Å². The van der Waals surface area contributed by atoms with Crippen LogP contribution < -0.4 is 15.3 Å². The Morgan fingerprint density at radius 1 is 1.16 bits per heavy atom. The molecule has 0 aromatic rings. The van der Waals surface area contributed by atoms with Crippen LogP contribution in [0.5, 0.6) is 0 Å². The Labute approximate surface area is 144 Å². The predicted molar refractivity (Wildman–Crippen MR) is 88.0 cm³/mol. The van der Waals surface area contributed by atoms with Crippen molar-refractivity contribution in [3.63, 3.8) is 0 Å². The van der Waals surface area contributed by atoms with E-state index in [0.717, 1.165) is 19.4 Å². The van der Waals surface area contributed by atoms with Crippen LogP contribution in [0.25, 0.3) is 0 Å². The topological polar surface area (TPSA) is 41.4 Å². The van der Waals surface area contributed by atoms with Crippen molar-refractivity contribution < 1.29 is 17.6 Å². The van der Waals surface area contributed by atoms with Crippen molar-refractivity contribution in [2.45, 2.75) is 69.6 Å². The number of alkyl halides is 3. The molecule has 8 unspecified atom stereocenters. The first kappa shape index (κ1) is 17.5. The molecule has 3 saturated heterocycles. The smallest absolute Gasteiger partial charge is 0.309 e. The van der Waals surface area contributed by atoms with Crippen LogP contribution in [0, 0.1) is 17.8 Å². The van der Waals surface area contributed by atoms with E-state index in [0.29, 0.717) is 0 Å². The molecule has 4 aliphatic rings. The summed E-state index contributed by atoms with van der Waals surface area (Å²) < 4.78 is 56.6. The van der Waals surface area contributed by atoms with E-state index in [4.69, 9.17) is 0 Å². The summed E-state index contributed by atoms with van der Waals surface area (Å²) in [5, 5.41) is 6.41. The lowest BCUT2D eigenvalue weighted by molar-refractivity contribution is -0.154. The van der Waals surface area contributed by atoms with Gasteiger partial charge in [-0.2, -0.15) is 13.2 Å². The Hall–Kier alpha value is -0.950. The largest absolute Gasteiger partial charge is 0.457 e. The zero-order valence-corrected chi connectivity index (χ0v) is 14.4. The van der Waals surface area contributed by atoms with Gasteiger partial charge in [0.15, 0.2) is 0 Å². The summed E-state index contributed by atoms with van der Waals surface area (Å²) in [6.45, 7) is 4.54. The van der Waals surface area contributed by atoms with E-state index in [1.165, 1.54) is 0 Å². The molecule has 140 valence electrons. The van der Waals surface area contributed by atoms with E-state index in [9.17, 15) is 17.6 Å². The Morgan fingerprint density at radius 2 is 1.92 bits per heavy atom. The van der Waals surface area contributed by atoms with Gasteiger partial charge in [0.05, 0.1) is 12.1 Å². The van der Waals surface area contributed by atoms with Gasteiger partial charge in [-0.1, -0.05) is 11.6 Å². The summed E-state index contributed by atoms with van der Waals surface area (Å²) >= 11 is 0. The zero-order chi connectivity index (χ0) is 17.9. The quantitative estimate of drug-likeness (QED) is 0.578. The third kappa shape index (κ3) is 2.93. The Kier molecular flexibility index (Phi) is 4.22. The van der Waals surface area contributed by atoms with E-state index in [-0.39, 0.29) is 54.4 Å². The number of halogens is 4. The van der Waals surface area contributed by atoms with Gasteiger partial charge in [0.2, 0.25) is 0 Å². The highest BCUT2D eigenvalue weighted by Crippen LogP contribution is 2.39. The molecule has 0 aliphatic carbocycles. The molecule has 4 rings (SSSR count). The predicted octanol–water partition coefficient (Wildman–Crippen LogP) is 1.45. The summed E-state index contributed by atoms with van der Waals surface area (Å²) in [5.41, 5.74) is 0. The Balaban J connectivity index is 1.43. The van der Waals surface area contributed by atoms with Gasteiger partial charge in [-0.05, 0) is 32.1 Å². The summed E-state index contributed by atoms with van der Waals surface area (Å²) in [6, 6.07) is -0.795. The molecule has 4 nitrogen and oxygen atoms in total. The average molecular weight is 361 g/mol. The first-order valence-electron chi connectivity index (χ1n) is 9.17. The average Bonchev–Trinajstić information content (AvgIpc) is 3.24. The maximum Gasteiger partial charge on any atom is 0.457 e. The molecule has 8 heteroatoms. The number of hydrogen-bond acceptors (Lipinski definition) is 3. The van der Waals surface area contributed by atoms with Crippen molar-refractivity contribution in [1.82, 2.24) is 20.2 Å². The summed E-state index contributed by atoms with van der Waals surface area (Å²) in [5.74, 6) is -0.547. The number of nitrogens with one attached hydrogen (secondary N) is 2. The van der Waals surface area contributed by atoms with Crippen LogP contribution in [-0.2, 0) is 0 Å². The number of nitrogens with zero attached hydrogens (tertiary/aromatic N) is 2. The van der Waals surface area contributed by atoms with Crippen LogP contribution >= 0.6 is 0 Å². The van der Waals surface area contributed by atoms with E-state index >= 15 is 0 Å². The van der Waals surface area contributed by atoms with Crippen LogP contribution in [0.3, 0.4) is 0 Å². The molecule has 25 heavy (non-hydrogen) atoms. The van der Waals surface area contributed by atoms with Crippen LogP contribution in [0.2, 0.25) is 0 Å². The molecule has 0 aromatic heterocycles. The van der Waals surface area contributed by atoms with Crippen molar-refractivity contribution in [3.05, 3.63) is 0 Å². The fraction of sp³-hybridized carbons (Fsp3) is 0.882. The molecule has 0 amide bonds. The van der Waals surface area contributed by atoms with Crippen molar-refractivity contribution in [2.24, 2.45) is 17.8 Å². The minimum Gasteiger partial charge on any atom is -0.309 e. The fourth-order valence-electron chi connectivity index (χ4n) is 5.19. The fourth-order valence-corrected chi connectivity index (χ4v) is 5.19. The Bertz CT molecular complexity index is 600. The monoisotopic (exact) mass is 361 g/mol. The molecule has 0 radical (unpaired) electrons. The van der Waals surface area contributed by atoms with Gasteiger partial charge in [-0.3, -0.25) is 10.2 Å². The molecule has 3 fully saturated rings. The lowest BCUT2D eigenvalue weighted by Gasteiger charge is -2.33. The minimum atomic E-state index is -4.19. The van der Waals surface area contributed by atoms with Crippen LogP contribution in [0.4, 0.5) is 17.6 Å². The molecule has 0 bridgehead atoms. The van der Waals surface area contributed by atoms with Gasteiger partial charge in [0, 0.05) is 24.7 Å². The normalized spacial score (nSPS) is 47.5. The summed E-state index contributed by atoms with van der Waals surface area (Å²) in [6.07, 6.45) is -0.847. The Morgan fingerprint density at radius 3 is 2.52 bits per heavy atom. The van der Waals surface area contributed by atoms with Crippen molar-refractivity contribution in [1.29, 1.82) is 0 Å². The summed E-state index contributed by atoms with van der Waals surface area (Å²) in [7, 11) is 0. The molecule has 4 aliphatic heterocycles.